The van der Waals surface area contributed by atoms with E-state index in [0.717, 1.165) is 42.4 Å². The molecule has 256 valence electrons. The first-order valence-electron chi connectivity index (χ1n) is 17.6. The molecule has 8 rings (SSSR count). The molecule has 0 spiro atoms. The van der Waals surface area contributed by atoms with E-state index in [1.54, 1.807) is 13.2 Å². The average Bonchev–Trinajstić information content (AvgIpc) is 3.76. The summed E-state index contributed by atoms with van der Waals surface area (Å²) in [7, 11) is 1.64. The highest BCUT2D eigenvalue weighted by molar-refractivity contribution is 5.85. The number of benzene rings is 1. The van der Waals surface area contributed by atoms with E-state index in [9.17, 15) is 19.8 Å². The minimum absolute atomic E-state index is 0.0789. The monoisotopic (exact) mass is 652 g/mol. The smallest absolute Gasteiger partial charge is 0.331 e. The molecule has 4 saturated carbocycles. The number of carbonyl (C=O) groups excluding carboxylic acids is 2. The number of cyclic esters (lactones) is 1. The molecule has 0 aromatic heterocycles. The quantitative estimate of drug-likeness (QED) is 0.257. The van der Waals surface area contributed by atoms with Gasteiger partial charge in [0.15, 0.2) is 12.6 Å². The zero-order chi connectivity index (χ0) is 32.8. The summed E-state index contributed by atoms with van der Waals surface area (Å²) >= 11 is 0. The van der Waals surface area contributed by atoms with Crippen LogP contribution in [-0.2, 0) is 33.3 Å². The molecule has 2 saturated heterocycles. The molecule has 7 aliphatic rings. The van der Waals surface area contributed by atoms with Crippen molar-refractivity contribution in [1.29, 1.82) is 0 Å². The number of aliphatic hydroxyl groups is 2. The predicted octanol–water partition coefficient (Wildman–Crippen LogP) is 4.55. The fourth-order valence-corrected chi connectivity index (χ4v) is 11.3. The zero-order valence-corrected chi connectivity index (χ0v) is 27.6. The van der Waals surface area contributed by atoms with Gasteiger partial charge in [0.25, 0.3) is 0 Å². The van der Waals surface area contributed by atoms with E-state index in [4.69, 9.17) is 28.4 Å². The highest BCUT2D eigenvalue weighted by Gasteiger charge is 2.71. The van der Waals surface area contributed by atoms with Gasteiger partial charge in [-0.15, -0.1) is 0 Å². The Kier molecular flexibility index (Phi) is 7.70. The van der Waals surface area contributed by atoms with Crippen LogP contribution in [0, 0.1) is 28.6 Å². The molecule has 0 amide bonds. The van der Waals surface area contributed by atoms with E-state index in [0.29, 0.717) is 51.6 Å². The molecule has 13 atom stereocenters. The molecule has 13 unspecified atom stereocenters. The van der Waals surface area contributed by atoms with Gasteiger partial charge in [0.1, 0.15) is 24.7 Å². The van der Waals surface area contributed by atoms with Crippen molar-refractivity contribution in [2.24, 2.45) is 28.6 Å². The Hall–Kier alpha value is -2.34. The summed E-state index contributed by atoms with van der Waals surface area (Å²) in [4.78, 5) is 25.1. The van der Waals surface area contributed by atoms with Crippen LogP contribution in [0.2, 0.25) is 0 Å². The van der Waals surface area contributed by atoms with Gasteiger partial charge in [0.05, 0.1) is 42.0 Å². The molecule has 6 fully saturated rings. The molecule has 0 bridgehead atoms. The van der Waals surface area contributed by atoms with Crippen LogP contribution in [0.1, 0.15) is 89.9 Å². The normalized spacial score (nSPS) is 48.8. The molecular formula is C37H48O10. The molecule has 1 aromatic carbocycles. The van der Waals surface area contributed by atoms with E-state index in [-0.39, 0.29) is 48.1 Å². The lowest BCUT2D eigenvalue weighted by Gasteiger charge is -2.65. The summed E-state index contributed by atoms with van der Waals surface area (Å²) < 4.78 is 36.0. The molecule has 3 aliphatic heterocycles. The Balaban J connectivity index is 0.948. The van der Waals surface area contributed by atoms with Crippen molar-refractivity contribution in [2.75, 3.05) is 13.7 Å². The van der Waals surface area contributed by atoms with E-state index in [2.05, 4.69) is 6.92 Å². The third-order valence-corrected chi connectivity index (χ3v) is 13.8. The lowest BCUT2D eigenvalue weighted by Crippen LogP contribution is -2.69. The topological polar surface area (TPSA) is 130 Å². The Labute approximate surface area is 276 Å². The highest BCUT2D eigenvalue weighted by atomic mass is 16.8. The van der Waals surface area contributed by atoms with Crippen LogP contribution in [0.3, 0.4) is 0 Å². The second-order valence-corrected chi connectivity index (χ2v) is 15.6. The number of ether oxygens (including phenoxy) is 6. The number of methoxy groups -OCH3 is 1. The van der Waals surface area contributed by atoms with Gasteiger partial charge in [0.2, 0.25) is 0 Å². The summed E-state index contributed by atoms with van der Waals surface area (Å²) in [6, 6.07) is 7.66. The van der Waals surface area contributed by atoms with Crippen LogP contribution in [0.25, 0.3) is 0 Å². The lowest BCUT2D eigenvalue weighted by molar-refractivity contribution is -0.278. The molecule has 47 heavy (non-hydrogen) atoms. The minimum Gasteiger partial charge on any atom is -0.497 e. The number of fused-ring (bicyclic) bond motifs is 6. The molecule has 10 heteroatoms. The number of carbonyl (C=O) groups is 2. The van der Waals surface area contributed by atoms with Gasteiger partial charge in [-0.3, -0.25) is 0 Å². The summed E-state index contributed by atoms with van der Waals surface area (Å²) in [5, 5.41) is 24.9. The van der Waals surface area contributed by atoms with Crippen LogP contribution in [0.5, 0.6) is 5.75 Å². The predicted molar refractivity (Wildman–Crippen MR) is 167 cm³/mol. The van der Waals surface area contributed by atoms with Gasteiger partial charge in [-0.2, -0.15) is 0 Å². The van der Waals surface area contributed by atoms with Crippen molar-refractivity contribution in [2.45, 2.75) is 126 Å². The van der Waals surface area contributed by atoms with Crippen molar-refractivity contribution in [3.8, 4) is 5.75 Å². The summed E-state index contributed by atoms with van der Waals surface area (Å²) in [5.74, 6) is 0.342. The van der Waals surface area contributed by atoms with Gasteiger partial charge in [-0.1, -0.05) is 19.1 Å². The van der Waals surface area contributed by atoms with E-state index >= 15 is 0 Å². The first kappa shape index (κ1) is 31.9. The SMILES string of the molecule is COc1ccc(C2OC3CC(OC4CCC5(C=O)C6CCC7(C)C(C8=CC(=O)OC8)CCC7(O)C6CCC5(O)C4)OC(C)C3O2)cc1. The van der Waals surface area contributed by atoms with Crippen molar-refractivity contribution in [3.63, 3.8) is 0 Å². The van der Waals surface area contributed by atoms with Crippen LogP contribution in [0.15, 0.2) is 35.9 Å². The molecule has 4 aliphatic carbocycles. The Bertz CT molecular complexity index is 1430. The molecule has 10 nitrogen and oxygen atoms in total. The van der Waals surface area contributed by atoms with Gasteiger partial charge < -0.3 is 43.4 Å². The first-order chi connectivity index (χ1) is 22.5. The Morgan fingerprint density at radius 2 is 1.74 bits per heavy atom. The summed E-state index contributed by atoms with van der Waals surface area (Å²) in [6.07, 6.45) is 6.74. The van der Waals surface area contributed by atoms with Crippen LogP contribution >= 0.6 is 0 Å². The molecular weight excluding hydrogens is 604 g/mol. The highest BCUT2D eigenvalue weighted by Crippen LogP contribution is 2.70. The van der Waals surface area contributed by atoms with Crippen molar-refractivity contribution < 1.29 is 48.2 Å². The Morgan fingerprint density at radius 3 is 2.47 bits per heavy atom. The van der Waals surface area contributed by atoms with Crippen molar-refractivity contribution in [1.82, 2.24) is 0 Å². The van der Waals surface area contributed by atoms with Gasteiger partial charge in [-0.25, -0.2) is 4.79 Å². The molecule has 0 radical (unpaired) electrons. The number of aldehydes is 1. The first-order valence-corrected chi connectivity index (χ1v) is 17.6. The largest absolute Gasteiger partial charge is 0.497 e. The number of esters is 1. The second kappa shape index (κ2) is 11.4. The van der Waals surface area contributed by atoms with E-state index in [1.807, 2.05) is 31.2 Å². The van der Waals surface area contributed by atoms with E-state index < -0.39 is 34.6 Å². The lowest BCUT2D eigenvalue weighted by atomic mass is 9.41. The van der Waals surface area contributed by atoms with E-state index in [1.165, 1.54) is 0 Å². The third kappa shape index (κ3) is 4.72. The zero-order valence-electron chi connectivity index (χ0n) is 27.6. The van der Waals surface area contributed by atoms with Crippen LogP contribution in [0.4, 0.5) is 0 Å². The summed E-state index contributed by atoms with van der Waals surface area (Å²) in [6.45, 7) is 4.44. The number of hydrogen-bond donors (Lipinski definition) is 2. The average molecular weight is 653 g/mol. The van der Waals surface area contributed by atoms with Crippen molar-refractivity contribution >= 4 is 12.3 Å². The third-order valence-electron chi connectivity index (χ3n) is 13.8. The fourth-order valence-electron chi connectivity index (χ4n) is 11.3. The maximum atomic E-state index is 13.2. The minimum atomic E-state index is -1.22. The van der Waals surface area contributed by atoms with Gasteiger partial charge >= 0.3 is 5.97 Å². The number of hydrogen-bond acceptors (Lipinski definition) is 10. The number of rotatable bonds is 6. The van der Waals surface area contributed by atoms with Crippen LogP contribution < -0.4 is 4.74 Å². The second-order valence-electron chi connectivity index (χ2n) is 15.6. The Morgan fingerprint density at radius 1 is 0.957 bits per heavy atom. The maximum Gasteiger partial charge on any atom is 0.331 e. The maximum absolute atomic E-state index is 13.2. The van der Waals surface area contributed by atoms with Gasteiger partial charge in [-0.05, 0) is 93.7 Å². The fraction of sp³-hybridized carbons (Fsp3) is 0.730. The molecule has 2 N–H and O–H groups in total. The summed E-state index contributed by atoms with van der Waals surface area (Å²) in [5.41, 5.74) is -1.62. The van der Waals surface area contributed by atoms with Gasteiger partial charge in [0, 0.05) is 29.9 Å². The molecule has 1 aromatic rings. The standard InChI is InChI=1S/C37H48O10/c1-21-32-29(46-33(47-32)22-4-6-24(42-3)7-5-22)17-31(44-21)45-25-8-13-35(20-38)27-9-12-34(2)26(23-16-30(39)43-19-23)11-15-37(34,41)28(27)10-14-36(35,40)18-25/h4-7,16,20-21,25-29,31-33,40-41H,8-15,17-19H2,1-3H3. The van der Waals surface area contributed by atoms with Crippen molar-refractivity contribution in [3.05, 3.63) is 41.5 Å². The van der Waals surface area contributed by atoms with Crippen LogP contribution in [-0.4, -0.2) is 78.1 Å². The molecule has 3 heterocycles.